The summed E-state index contributed by atoms with van der Waals surface area (Å²) < 4.78 is 0. The van der Waals surface area contributed by atoms with Gasteiger partial charge in [-0.05, 0) is 104 Å². The maximum atomic E-state index is 4.37. The third-order valence-electron chi connectivity index (χ3n) is 12.0. The van der Waals surface area contributed by atoms with Gasteiger partial charge >= 0.3 is 0 Å². The second-order valence-electron chi connectivity index (χ2n) is 15.9. The van der Waals surface area contributed by atoms with Crippen LogP contribution in [0.2, 0.25) is 0 Å². The first kappa shape index (κ1) is 30.4. The molecule has 2 heteroatoms. The molecule has 2 nitrogen and oxygen atoms in total. The van der Waals surface area contributed by atoms with Crippen LogP contribution in [0, 0.1) is 5.41 Å². The molecule has 4 aliphatic carbocycles. The topological polar surface area (TPSA) is 16.1 Å². The zero-order valence-electron chi connectivity index (χ0n) is 29.6. The van der Waals surface area contributed by atoms with Gasteiger partial charge in [0.1, 0.15) is 0 Å². The number of benzene rings is 4. The van der Waals surface area contributed by atoms with E-state index in [-0.39, 0.29) is 17.4 Å². The van der Waals surface area contributed by atoms with Crippen LogP contribution in [-0.4, -0.2) is 11.0 Å². The summed E-state index contributed by atoms with van der Waals surface area (Å²) in [6, 6.07) is 37.0. The smallest absolute Gasteiger partial charge is 0.0629 e. The van der Waals surface area contributed by atoms with Crippen molar-refractivity contribution >= 4 is 28.6 Å². The highest BCUT2D eigenvalue weighted by atomic mass is 15.2. The number of hydrogen-bond donors (Lipinski definition) is 0. The van der Waals surface area contributed by atoms with E-state index in [4.69, 9.17) is 0 Å². The summed E-state index contributed by atoms with van der Waals surface area (Å²) in [6.45, 7) is 7.07. The monoisotopic (exact) mass is 658 g/mol. The molecule has 4 unspecified atom stereocenters. The van der Waals surface area contributed by atoms with Crippen LogP contribution in [0.25, 0.3) is 28.3 Å². The van der Waals surface area contributed by atoms with Crippen LogP contribution in [0.4, 0.5) is 11.4 Å². The quantitative estimate of drug-likeness (QED) is 0.191. The first-order valence-corrected chi connectivity index (χ1v) is 18.6. The van der Waals surface area contributed by atoms with E-state index in [9.17, 15) is 0 Å². The molecule has 4 aromatic carbocycles. The minimum atomic E-state index is 0.151. The fourth-order valence-corrected chi connectivity index (χ4v) is 9.46. The largest absolute Gasteiger partial charge is 0.333 e. The van der Waals surface area contributed by atoms with E-state index in [0.29, 0.717) is 11.8 Å². The number of rotatable bonds is 4. The minimum Gasteiger partial charge on any atom is -0.333 e. The van der Waals surface area contributed by atoms with E-state index in [1.54, 1.807) is 5.57 Å². The van der Waals surface area contributed by atoms with Crippen LogP contribution in [0.15, 0.2) is 151 Å². The first-order chi connectivity index (χ1) is 24.9. The predicted octanol–water partition coefficient (Wildman–Crippen LogP) is 12.4. The van der Waals surface area contributed by atoms with Crippen molar-refractivity contribution in [2.75, 3.05) is 4.90 Å². The Morgan fingerprint density at radius 2 is 1.57 bits per heavy atom. The van der Waals surface area contributed by atoms with Gasteiger partial charge in [-0.1, -0.05) is 142 Å². The Morgan fingerprint density at radius 3 is 2.41 bits per heavy atom. The lowest BCUT2D eigenvalue weighted by Crippen LogP contribution is -2.28. The van der Waals surface area contributed by atoms with Crippen molar-refractivity contribution in [2.45, 2.75) is 57.4 Å². The van der Waals surface area contributed by atoms with Gasteiger partial charge in [-0.2, -0.15) is 0 Å². The van der Waals surface area contributed by atoms with E-state index in [1.165, 1.54) is 67.0 Å². The van der Waals surface area contributed by atoms with Crippen LogP contribution in [0.3, 0.4) is 0 Å². The van der Waals surface area contributed by atoms with E-state index in [2.05, 4.69) is 164 Å². The van der Waals surface area contributed by atoms with Gasteiger partial charge in [-0.3, -0.25) is 4.98 Å². The third kappa shape index (κ3) is 4.88. The molecular weight excluding hydrogens is 617 g/mol. The van der Waals surface area contributed by atoms with Crippen molar-refractivity contribution in [3.8, 4) is 11.1 Å². The fourth-order valence-electron chi connectivity index (χ4n) is 9.46. The average molecular weight is 659 g/mol. The molecule has 51 heavy (non-hydrogen) atoms. The normalized spacial score (nSPS) is 22.4. The molecule has 5 aliphatic rings. The van der Waals surface area contributed by atoms with Gasteiger partial charge in [0.15, 0.2) is 0 Å². The number of nitrogens with zero attached hydrogens (tertiary/aromatic N) is 2. The molecule has 0 bridgehead atoms. The molecule has 1 aromatic heterocycles. The number of hydrogen-bond acceptors (Lipinski definition) is 2. The zero-order chi connectivity index (χ0) is 34.3. The fraction of sp³-hybridized carbons (Fsp3) is 0.204. The molecule has 0 saturated carbocycles. The highest BCUT2D eigenvalue weighted by molar-refractivity contribution is 6.02. The summed E-state index contributed by atoms with van der Waals surface area (Å²) >= 11 is 0. The standard InChI is InChI=1S/C49H42N2/c1-49(2,3)37-26-34-21-23-41-43(32-19-17-31(18-20-32)36-11-9-25-50-30-36)29-44(42-24-22-35(27-37)47(34)48(41)42)33-10-8-12-38(28-33)51-45-15-6-4-13-39(45)40-14-5-7-16-46(40)51/h4-25,27-28,30,34,39,44-45H,26,29H2,1-3H3. The van der Waals surface area contributed by atoms with Crippen LogP contribution in [0.1, 0.15) is 90.3 Å². The van der Waals surface area contributed by atoms with E-state index >= 15 is 0 Å². The highest BCUT2D eigenvalue weighted by Gasteiger charge is 2.39. The van der Waals surface area contributed by atoms with Gasteiger partial charge < -0.3 is 4.90 Å². The lowest BCUT2D eigenvalue weighted by Gasteiger charge is -2.39. The van der Waals surface area contributed by atoms with Gasteiger partial charge in [0.25, 0.3) is 0 Å². The summed E-state index contributed by atoms with van der Waals surface area (Å²) in [4.78, 5) is 6.94. The molecule has 0 amide bonds. The van der Waals surface area contributed by atoms with E-state index in [0.717, 1.165) is 18.4 Å². The van der Waals surface area contributed by atoms with Crippen LogP contribution < -0.4 is 4.90 Å². The molecule has 248 valence electrons. The summed E-state index contributed by atoms with van der Waals surface area (Å²) in [7, 11) is 0. The van der Waals surface area contributed by atoms with Crippen molar-refractivity contribution in [2.24, 2.45) is 5.41 Å². The Hall–Kier alpha value is -5.47. The van der Waals surface area contributed by atoms with Crippen molar-refractivity contribution in [1.82, 2.24) is 4.98 Å². The zero-order valence-corrected chi connectivity index (χ0v) is 29.6. The van der Waals surface area contributed by atoms with Gasteiger partial charge in [0, 0.05) is 41.5 Å². The average Bonchev–Trinajstić information content (AvgIpc) is 3.51. The maximum absolute atomic E-state index is 4.37. The lowest BCUT2D eigenvalue weighted by atomic mass is 9.65. The molecule has 0 N–H and O–H groups in total. The molecule has 0 fully saturated rings. The van der Waals surface area contributed by atoms with Crippen molar-refractivity contribution in [1.29, 1.82) is 0 Å². The van der Waals surface area contributed by atoms with E-state index < -0.39 is 0 Å². The van der Waals surface area contributed by atoms with Gasteiger partial charge in [0.05, 0.1) is 6.04 Å². The molecular formula is C49H42N2. The van der Waals surface area contributed by atoms with Crippen LogP contribution in [-0.2, 0) is 0 Å². The molecule has 4 atom stereocenters. The van der Waals surface area contributed by atoms with Crippen molar-refractivity contribution in [3.05, 3.63) is 190 Å². The molecule has 0 spiro atoms. The Morgan fingerprint density at radius 1 is 0.725 bits per heavy atom. The van der Waals surface area contributed by atoms with Crippen LogP contribution >= 0.6 is 0 Å². The molecule has 5 aromatic rings. The Balaban J connectivity index is 1.13. The van der Waals surface area contributed by atoms with E-state index in [1.807, 2.05) is 18.5 Å². The van der Waals surface area contributed by atoms with Gasteiger partial charge in [0.2, 0.25) is 0 Å². The maximum Gasteiger partial charge on any atom is 0.0629 e. The number of para-hydroxylation sites is 1. The number of aromatic nitrogens is 1. The van der Waals surface area contributed by atoms with Crippen molar-refractivity contribution < 1.29 is 0 Å². The molecule has 2 heterocycles. The minimum absolute atomic E-state index is 0.151. The van der Waals surface area contributed by atoms with Crippen molar-refractivity contribution in [3.63, 3.8) is 0 Å². The second-order valence-corrected chi connectivity index (χ2v) is 15.9. The summed E-state index contributed by atoms with van der Waals surface area (Å²) in [5, 5.41) is 0. The SMILES string of the molecule is CC(C)(C)C1=Cc2ccc3c4c2C(C=CC4=C(c2ccc(-c4cccnc4)cc2)CC3c2cccc(N3c4ccccc4C4C=CC=CC43)c2)C1. The lowest BCUT2D eigenvalue weighted by molar-refractivity contribution is 0.476. The Labute approximate surface area is 301 Å². The van der Waals surface area contributed by atoms with Gasteiger partial charge in [-0.15, -0.1) is 0 Å². The molecule has 1 aliphatic heterocycles. The Bertz CT molecular complexity index is 2360. The van der Waals surface area contributed by atoms with Crippen LogP contribution in [0.5, 0.6) is 0 Å². The highest BCUT2D eigenvalue weighted by Crippen LogP contribution is 2.55. The number of pyridine rings is 1. The number of fused-ring (bicyclic) bond motifs is 3. The Kier molecular flexibility index (Phi) is 6.87. The third-order valence-corrected chi connectivity index (χ3v) is 12.0. The first-order valence-electron chi connectivity index (χ1n) is 18.6. The molecule has 0 saturated heterocycles. The molecule has 0 radical (unpaired) electrons. The summed E-state index contributed by atoms with van der Waals surface area (Å²) in [6.07, 6.45) is 22.5. The summed E-state index contributed by atoms with van der Waals surface area (Å²) in [5.41, 5.74) is 19.5. The number of anilines is 2. The molecule has 10 rings (SSSR count). The second kappa shape index (κ2) is 11.5. The number of allylic oxidation sites excluding steroid dienone is 7. The predicted molar refractivity (Wildman–Crippen MR) is 213 cm³/mol. The van der Waals surface area contributed by atoms with Gasteiger partial charge in [-0.25, -0.2) is 0 Å². The summed E-state index contributed by atoms with van der Waals surface area (Å²) in [5.74, 6) is 1.02.